The van der Waals surface area contributed by atoms with E-state index in [1.807, 2.05) is 18.2 Å². The van der Waals surface area contributed by atoms with E-state index in [0.717, 1.165) is 11.0 Å². The zero-order valence-electron chi connectivity index (χ0n) is 5.86. The maximum absolute atomic E-state index is 4.10. The van der Waals surface area contributed by atoms with Gasteiger partial charge in [-0.1, -0.05) is 18.3 Å². The van der Waals surface area contributed by atoms with Crippen molar-refractivity contribution in [1.29, 1.82) is 0 Å². The Hall–Kier alpha value is -0.336. The van der Waals surface area contributed by atoms with E-state index < -0.39 is 0 Å². The van der Waals surface area contributed by atoms with Gasteiger partial charge in [0.25, 0.3) is 0 Å². The van der Waals surface area contributed by atoms with Gasteiger partial charge in [0.05, 0.1) is 0 Å². The van der Waals surface area contributed by atoms with Gasteiger partial charge in [0.1, 0.15) is 0 Å². The molecule has 0 aliphatic heterocycles. The van der Waals surface area contributed by atoms with Gasteiger partial charge in [0.15, 0.2) is 0 Å². The Balaban J connectivity index is 0.000000605. The van der Waals surface area contributed by atoms with Crippen molar-refractivity contribution in [1.82, 2.24) is 9.97 Å². The molecule has 0 aliphatic carbocycles. The Bertz CT molecular complexity index is 283. The van der Waals surface area contributed by atoms with Crippen molar-refractivity contribution in [2.24, 2.45) is 0 Å². The van der Waals surface area contributed by atoms with Crippen molar-refractivity contribution < 1.29 is 32.7 Å². The zero-order chi connectivity index (χ0) is 6.81. The normalized spacial score (nSPS) is 9.09. The van der Waals surface area contributed by atoms with E-state index >= 15 is 0 Å². The first-order chi connectivity index (χ1) is 4.97. The number of rotatable bonds is 0. The summed E-state index contributed by atoms with van der Waals surface area (Å²) in [6.07, 6.45) is 4.50. The summed E-state index contributed by atoms with van der Waals surface area (Å²) in [7, 11) is 0. The Labute approximate surface area is 89.9 Å². The molecule has 0 aliphatic rings. The molecule has 0 atom stereocenters. The van der Waals surface area contributed by atoms with Gasteiger partial charge < -0.3 is 4.98 Å². The molecule has 2 nitrogen and oxygen atoms in total. The molecule has 51 valence electrons. The summed E-state index contributed by atoms with van der Waals surface area (Å²) in [4.78, 5) is 8.09. The van der Waals surface area contributed by atoms with Gasteiger partial charge in [-0.2, -0.15) is 6.07 Å². The van der Waals surface area contributed by atoms with Gasteiger partial charge in [0.2, 0.25) is 0 Å². The first-order valence-corrected chi connectivity index (χ1v) is 3.05. The van der Waals surface area contributed by atoms with Crippen molar-refractivity contribution in [3.05, 3.63) is 36.7 Å². The van der Waals surface area contributed by atoms with Crippen molar-refractivity contribution in [2.45, 2.75) is 0 Å². The van der Waals surface area contributed by atoms with E-state index in [2.05, 4.69) is 16.2 Å². The molecule has 2 heterocycles. The molecule has 0 saturated carbocycles. The molecule has 1 radical (unpaired) electrons. The van der Waals surface area contributed by atoms with Crippen LogP contribution in [0.3, 0.4) is 0 Å². The SMILES string of the molecule is [Y].[c-]1ccc2ncccc2n1. The van der Waals surface area contributed by atoms with Gasteiger partial charge in [-0.15, -0.1) is 6.07 Å². The van der Waals surface area contributed by atoms with Gasteiger partial charge in [-0.25, -0.2) is 0 Å². The van der Waals surface area contributed by atoms with Crippen molar-refractivity contribution >= 4 is 11.0 Å². The summed E-state index contributed by atoms with van der Waals surface area (Å²) in [5.74, 6) is 0. The summed E-state index contributed by atoms with van der Waals surface area (Å²) in [5, 5.41) is 0. The number of hydrogen-bond acceptors (Lipinski definition) is 2. The summed E-state index contributed by atoms with van der Waals surface area (Å²) in [5.41, 5.74) is 1.81. The van der Waals surface area contributed by atoms with Crippen LogP contribution in [0.15, 0.2) is 30.5 Å². The number of aromatic nitrogens is 2. The predicted molar refractivity (Wildman–Crippen MR) is 38.4 cm³/mol. The molecule has 2 aromatic rings. The minimum Gasteiger partial charge on any atom is -0.385 e. The van der Waals surface area contributed by atoms with Gasteiger partial charge in [-0.3, -0.25) is 4.98 Å². The third-order valence-corrected chi connectivity index (χ3v) is 1.32. The molecular weight excluding hydrogens is 213 g/mol. The second-order valence-electron chi connectivity index (χ2n) is 1.98. The van der Waals surface area contributed by atoms with Gasteiger partial charge in [-0.05, 0) is 11.0 Å². The van der Waals surface area contributed by atoms with E-state index in [-0.39, 0.29) is 32.7 Å². The second kappa shape index (κ2) is 3.89. The summed E-state index contributed by atoms with van der Waals surface area (Å²) >= 11 is 0. The van der Waals surface area contributed by atoms with E-state index in [1.165, 1.54) is 0 Å². The number of pyridine rings is 2. The fourth-order valence-corrected chi connectivity index (χ4v) is 0.855. The summed E-state index contributed by atoms with van der Waals surface area (Å²) in [6, 6.07) is 7.43. The van der Waals surface area contributed by atoms with Crippen molar-refractivity contribution in [2.75, 3.05) is 0 Å². The first-order valence-electron chi connectivity index (χ1n) is 3.05. The van der Waals surface area contributed by atoms with E-state index in [0.29, 0.717) is 0 Å². The molecule has 0 bridgehead atoms. The molecule has 0 aromatic carbocycles. The average Bonchev–Trinajstić information content (AvgIpc) is 2.05. The molecule has 0 N–H and O–H groups in total. The quantitative estimate of drug-likeness (QED) is 0.625. The van der Waals surface area contributed by atoms with E-state index in [4.69, 9.17) is 0 Å². The maximum Gasteiger partial charge on any atom is 0.0240 e. The minimum atomic E-state index is 0. The molecule has 2 aromatic heterocycles. The smallest absolute Gasteiger partial charge is 0.0240 e. The van der Waals surface area contributed by atoms with Crippen LogP contribution < -0.4 is 0 Å². The van der Waals surface area contributed by atoms with Crippen LogP contribution in [0.25, 0.3) is 11.0 Å². The van der Waals surface area contributed by atoms with Crippen LogP contribution in [0.4, 0.5) is 0 Å². The van der Waals surface area contributed by atoms with E-state index in [9.17, 15) is 0 Å². The molecule has 11 heavy (non-hydrogen) atoms. The van der Waals surface area contributed by atoms with Gasteiger partial charge in [0, 0.05) is 38.9 Å². The second-order valence-corrected chi connectivity index (χ2v) is 1.98. The van der Waals surface area contributed by atoms with Crippen LogP contribution in [-0.2, 0) is 32.7 Å². The van der Waals surface area contributed by atoms with Crippen LogP contribution in [0, 0.1) is 6.20 Å². The molecule has 0 fully saturated rings. The van der Waals surface area contributed by atoms with Crippen molar-refractivity contribution in [3.8, 4) is 0 Å². The average molecular weight is 218 g/mol. The molecule has 0 unspecified atom stereocenters. The number of nitrogens with zero attached hydrogens (tertiary/aromatic N) is 2. The van der Waals surface area contributed by atoms with Crippen LogP contribution in [0.1, 0.15) is 0 Å². The molecular formula is C8H5N2Y-. The van der Waals surface area contributed by atoms with Crippen molar-refractivity contribution in [3.63, 3.8) is 0 Å². The van der Waals surface area contributed by atoms with Crippen LogP contribution in [0.5, 0.6) is 0 Å². The monoisotopic (exact) mass is 218 g/mol. The standard InChI is InChI=1S/C8H5N2.Y/c1-3-7-8(9-5-1)4-2-6-10-7;/h1-5H;/q-1;. The van der Waals surface area contributed by atoms with Crippen LogP contribution >= 0.6 is 0 Å². The number of hydrogen-bond donors (Lipinski definition) is 0. The summed E-state index contributed by atoms with van der Waals surface area (Å²) in [6.45, 7) is 0. The molecule has 0 spiro atoms. The Morgan fingerprint density at radius 2 is 2.09 bits per heavy atom. The van der Waals surface area contributed by atoms with Crippen LogP contribution in [-0.4, -0.2) is 9.97 Å². The number of fused-ring (bicyclic) bond motifs is 1. The third kappa shape index (κ3) is 1.82. The summed E-state index contributed by atoms with van der Waals surface area (Å²) < 4.78 is 0. The Morgan fingerprint density at radius 3 is 2.91 bits per heavy atom. The molecule has 0 amide bonds. The van der Waals surface area contributed by atoms with Crippen LogP contribution in [0.2, 0.25) is 0 Å². The predicted octanol–water partition coefficient (Wildman–Crippen LogP) is 1.43. The molecule has 2 rings (SSSR count). The Morgan fingerprint density at radius 1 is 1.18 bits per heavy atom. The fourth-order valence-electron chi connectivity index (χ4n) is 0.855. The first kappa shape index (κ1) is 8.76. The Kier molecular flexibility index (Phi) is 3.09. The topological polar surface area (TPSA) is 25.8 Å². The molecule has 3 heteroatoms. The molecule has 0 saturated heterocycles. The largest absolute Gasteiger partial charge is 0.385 e. The third-order valence-electron chi connectivity index (χ3n) is 1.32. The maximum atomic E-state index is 4.10. The zero-order valence-corrected chi connectivity index (χ0v) is 8.70. The van der Waals surface area contributed by atoms with E-state index in [1.54, 1.807) is 12.3 Å². The minimum absolute atomic E-state index is 0. The fraction of sp³-hybridized carbons (Fsp3) is 0. The van der Waals surface area contributed by atoms with Gasteiger partial charge >= 0.3 is 0 Å².